The van der Waals surface area contributed by atoms with Gasteiger partial charge in [0.2, 0.25) is 0 Å². The molecule has 0 bridgehead atoms. The zero-order valence-corrected chi connectivity index (χ0v) is 11.8. The van der Waals surface area contributed by atoms with Crippen molar-refractivity contribution in [2.24, 2.45) is 0 Å². The Bertz CT molecular complexity index is 802. The van der Waals surface area contributed by atoms with Gasteiger partial charge in [-0.25, -0.2) is 9.97 Å². The Hall–Kier alpha value is -2.62. The van der Waals surface area contributed by atoms with Crippen LogP contribution in [-0.4, -0.2) is 16.7 Å². The number of benzene rings is 1. The lowest BCUT2D eigenvalue weighted by molar-refractivity contribution is 0.291. The second-order valence-electron chi connectivity index (χ2n) is 5.24. The second-order valence-corrected chi connectivity index (χ2v) is 5.24. The van der Waals surface area contributed by atoms with Crippen LogP contribution < -0.4 is 9.64 Å². The highest BCUT2D eigenvalue weighted by molar-refractivity contribution is 5.86. The minimum atomic E-state index is 0.499. The van der Waals surface area contributed by atoms with E-state index in [0.717, 1.165) is 40.3 Å². The number of pyridine rings is 2. The van der Waals surface area contributed by atoms with Crippen molar-refractivity contribution in [2.75, 3.05) is 11.6 Å². The van der Waals surface area contributed by atoms with Gasteiger partial charge in [-0.15, -0.1) is 0 Å². The zero-order valence-electron chi connectivity index (χ0n) is 11.8. The summed E-state index contributed by atoms with van der Waals surface area (Å²) >= 11 is 0. The van der Waals surface area contributed by atoms with Crippen molar-refractivity contribution >= 4 is 16.7 Å². The van der Waals surface area contributed by atoms with Gasteiger partial charge >= 0.3 is 0 Å². The third-order valence-electron chi connectivity index (χ3n) is 3.74. The van der Waals surface area contributed by atoms with Crippen LogP contribution in [0.15, 0.2) is 48.7 Å². The fourth-order valence-corrected chi connectivity index (χ4v) is 2.67. The third kappa shape index (κ3) is 2.09. The summed E-state index contributed by atoms with van der Waals surface area (Å²) in [6.07, 6.45) is 1.80. The standard InChI is InChI=1S/C17H15N3O/c1-12-5-6-13-7-8-14-10-20(15-4-2-3-9-18-15)11-21-17(14)16(13)19-12/h2-9H,10-11H2,1H3. The van der Waals surface area contributed by atoms with E-state index in [1.165, 1.54) is 0 Å². The van der Waals surface area contributed by atoms with E-state index >= 15 is 0 Å². The number of hydrogen-bond acceptors (Lipinski definition) is 4. The molecule has 4 heteroatoms. The molecule has 0 fully saturated rings. The minimum absolute atomic E-state index is 0.499. The summed E-state index contributed by atoms with van der Waals surface area (Å²) in [6, 6.07) is 14.2. The molecule has 3 heterocycles. The molecule has 4 nitrogen and oxygen atoms in total. The van der Waals surface area contributed by atoms with Gasteiger partial charge in [0.15, 0.2) is 12.5 Å². The van der Waals surface area contributed by atoms with Gasteiger partial charge in [0, 0.05) is 22.8 Å². The first-order chi connectivity index (χ1) is 10.3. The molecule has 0 aliphatic carbocycles. The SMILES string of the molecule is Cc1ccc2ccc3c(c2n1)OCN(c1ccccn1)C3. The van der Waals surface area contributed by atoms with Gasteiger partial charge < -0.3 is 9.64 Å². The molecule has 2 aromatic heterocycles. The van der Waals surface area contributed by atoms with Crippen molar-refractivity contribution in [1.29, 1.82) is 0 Å². The number of fused-ring (bicyclic) bond motifs is 3. The summed E-state index contributed by atoms with van der Waals surface area (Å²) in [6.45, 7) is 3.29. The molecule has 0 radical (unpaired) electrons. The molecule has 0 atom stereocenters. The summed E-state index contributed by atoms with van der Waals surface area (Å²) in [5.41, 5.74) is 3.11. The van der Waals surface area contributed by atoms with E-state index < -0.39 is 0 Å². The van der Waals surface area contributed by atoms with Crippen molar-refractivity contribution in [2.45, 2.75) is 13.5 Å². The Kier molecular flexibility index (Phi) is 2.74. The summed E-state index contributed by atoms with van der Waals surface area (Å²) < 4.78 is 5.98. The van der Waals surface area contributed by atoms with Gasteiger partial charge in [-0.1, -0.05) is 24.3 Å². The molecule has 0 N–H and O–H groups in total. The van der Waals surface area contributed by atoms with E-state index in [-0.39, 0.29) is 0 Å². The first kappa shape index (κ1) is 12.1. The van der Waals surface area contributed by atoms with E-state index in [2.05, 4.69) is 33.1 Å². The van der Waals surface area contributed by atoms with E-state index in [1.807, 2.05) is 31.2 Å². The lowest BCUT2D eigenvalue weighted by atomic mass is 10.1. The van der Waals surface area contributed by atoms with Crippen molar-refractivity contribution in [1.82, 2.24) is 9.97 Å². The van der Waals surface area contributed by atoms with E-state index in [0.29, 0.717) is 6.73 Å². The van der Waals surface area contributed by atoms with Crippen molar-refractivity contribution < 1.29 is 4.74 Å². The van der Waals surface area contributed by atoms with Crippen LogP contribution in [0.3, 0.4) is 0 Å². The molecule has 0 saturated heterocycles. The maximum absolute atomic E-state index is 5.98. The predicted octanol–water partition coefficient (Wildman–Crippen LogP) is 3.29. The molecule has 3 aromatic rings. The number of anilines is 1. The molecule has 4 rings (SSSR count). The Morgan fingerprint density at radius 1 is 1.10 bits per heavy atom. The first-order valence-electron chi connectivity index (χ1n) is 6.99. The van der Waals surface area contributed by atoms with Crippen LogP contribution in [0.1, 0.15) is 11.3 Å². The minimum Gasteiger partial charge on any atom is -0.470 e. The summed E-state index contributed by atoms with van der Waals surface area (Å²) in [7, 11) is 0. The molecule has 1 aliphatic heterocycles. The zero-order chi connectivity index (χ0) is 14.2. The number of ether oxygens (including phenoxy) is 1. The van der Waals surface area contributed by atoms with Crippen LogP contribution in [-0.2, 0) is 6.54 Å². The molecular weight excluding hydrogens is 262 g/mol. The fourth-order valence-electron chi connectivity index (χ4n) is 2.67. The topological polar surface area (TPSA) is 38.2 Å². The van der Waals surface area contributed by atoms with Gasteiger partial charge in [0.25, 0.3) is 0 Å². The Labute approximate surface area is 123 Å². The van der Waals surface area contributed by atoms with Gasteiger partial charge in [0.1, 0.15) is 11.3 Å². The number of rotatable bonds is 1. The number of aryl methyl sites for hydroxylation is 1. The third-order valence-corrected chi connectivity index (χ3v) is 3.74. The van der Waals surface area contributed by atoms with Crippen LogP contribution in [0.25, 0.3) is 10.9 Å². The number of nitrogens with zero attached hydrogens (tertiary/aromatic N) is 3. The molecule has 0 unspecified atom stereocenters. The van der Waals surface area contributed by atoms with E-state index in [1.54, 1.807) is 6.20 Å². The molecule has 21 heavy (non-hydrogen) atoms. The van der Waals surface area contributed by atoms with E-state index in [4.69, 9.17) is 4.74 Å². The van der Waals surface area contributed by atoms with Crippen LogP contribution >= 0.6 is 0 Å². The normalized spacial score (nSPS) is 13.9. The van der Waals surface area contributed by atoms with Crippen LogP contribution in [0.2, 0.25) is 0 Å². The van der Waals surface area contributed by atoms with Crippen LogP contribution in [0.5, 0.6) is 5.75 Å². The Balaban J connectivity index is 1.77. The molecule has 0 saturated carbocycles. The monoisotopic (exact) mass is 277 g/mol. The first-order valence-corrected chi connectivity index (χ1v) is 6.99. The summed E-state index contributed by atoms with van der Waals surface area (Å²) in [4.78, 5) is 11.1. The largest absolute Gasteiger partial charge is 0.470 e. The predicted molar refractivity (Wildman–Crippen MR) is 82.4 cm³/mol. The molecule has 0 spiro atoms. The smallest absolute Gasteiger partial charge is 0.163 e. The second kappa shape index (κ2) is 4.74. The maximum atomic E-state index is 5.98. The molecule has 1 aliphatic rings. The molecule has 104 valence electrons. The Morgan fingerprint density at radius 2 is 2.00 bits per heavy atom. The van der Waals surface area contributed by atoms with E-state index in [9.17, 15) is 0 Å². The molecule has 0 amide bonds. The highest BCUT2D eigenvalue weighted by atomic mass is 16.5. The highest BCUT2D eigenvalue weighted by Crippen LogP contribution is 2.33. The fraction of sp³-hybridized carbons (Fsp3) is 0.176. The maximum Gasteiger partial charge on any atom is 0.163 e. The number of aromatic nitrogens is 2. The van der Waals surface area contributed by atoms with Crippen LogP contribution in [0, 0.1) is 6.92 Å². The lowest BCUT2D eigenvalue weighted by Gasteiger charge is -2.30. The summed E-state index contributed by atoms with van der Waals surface area (Å²) in [5.74, 6) is 1.84. The van der Waals surface area contributed by atoms with Crippen molar-refractivity contribution in [3.05, 3.63) is 59.9 Å². The highest BCUT2D eigenvalue weighted by Gasteiger charge is 2.21. The van der Waals surface area contributed by atoms with Crippen molar-refractivity contribution in [3.8, 4) is 5.75 Å². The summed E-state index contributed by atoms with van der Waals surface area (Å²) in [5, 5.41) is 1.12. The van der Waals surface area contributed by atoms with Gasteiger partial charge in [-0.2, -0.15) is 0 Å². The van der Waals surface area contributed by atoms with Crippen molar-refractivity contribution in [3.63, 3.8) is 0 Å². The quantitative estimate of drug-likeness (QED) is 0.684. The lowest BCUT2D eigenvalue weighted by Crippen LogP contribution is -2.32. The average Bonchev–Trinajstić information content (AvgIpc) is 2.55. The van der Waals surface area contributed by atoms with Gasteiger partial charge in [-0.3, -0.25) is 0 Å². The number of hydrogen-bond donors (Lipinski definition) is 0. The van der Waals surface area contributed by atoms with Gasteiger partial charge in [-0.05, 0) is 25.1 Å². The molecule has 1 aromatic carbocycles. The Morgan fingerprint density at radius 3 is 2.86 bits per heavy atom. The van der Waals surface area contributed by atoms with Crippen LogP contribution in [0.4, 0.5) is 5.82 Å². The van der Waals surface area contributed by atoms with Gasteiger partial charge in [0.05, 0.1) is 6.54 Å². The average molecular weight is 277 g/mol. The molecular formula is C17H15N3O.